The summed E-state index contributed by atoms with van der Waals surface area (Å²) in [5.41, 5.74) is -0.0217. The molecule has 0 saturated heterocycles. The Hall–Kier alpha value is -2.64. The number of hydrogen-bond donors (Lipinski definition) is 2. The Morgan fingerprint density at radius 3 is 2.67 bits per heavy atom. The number of nitrogens with zero attached hydrogens (tertiary/aromatic N) is 2. The van der Waals surface area contributed by atoms with Gasteiger partial charge in [0.15, 0.2) is 0 Å². The average Bonchev–Trinajstić information content (AvgIpc) is 3.22. The van der Waals surface area contributed by atoms with Gasteiger partial charge >= 0.3 is 5.97 Å². The maximum atomic E-state index is 12.2. The van der Waals surface area contributed by atoms with Gasteiger partial charge in [0.1, 0.15) is 6.26 Å². The first-order chi connectivity index (χ1) is 11.5. The Bertz CT molecular complexity index is 674. The van der Waals surface area contributed by atoms with Gasteiger partial charge in [-0.1, -0.05) is 19.0 Å². The number of carboxylic acids is 1. The van der Waals surface area contributed by atoms with E-state index in [0.717, 1.165) is 0 Å². The Kier molecular flexibility index (Phi) is 5.73. The smallest absolute Gasteiger partial charge is 0.305 e. The fraction of sp³-hybridized carbons (Fsp3) is 0.500. The average molecular weight is 335 g/mol. The van der Waals surface area contributed by atoms with Crippen LogP contribution in [0.15, 0.2) is 27.5 Å². The van der Waals surface area contributed by atoms with Gasteiger partial charge in [0.25, 0.3) is 0 Å². The Morgan fingerprint density at radius 1 is 1.33 bits per heavy atom. The first-order valence-electron chi connectivity index (χ1n) is 7.86. The van der Waals surface area contributed by atoms with Crippen LogP contribution in [0.3, 0.4) is 0 Å². The molecule has 0 aliphatic carbocycles. The van der Waals surface area contributed by atoms with Crippen molar-refractivity contribution in [3.8, 4) is 11.4 Å². The summed E-state index contributed by atoms with van der Waals surface area (Å²) in [6, 6.07) is 1.71. The van der Waals surface area contributed by atoms with Gasteiger partial charge in [0, 0.05) is 18.4 Å². The summed E-state index contributed by atoms with van der Waals surface area (Å²) in [7, 11) is 0. The van der Waals surface area contributed by atoms with Crippen molar-refractivity contribution in [3.05, 3.63) is 24.5 Å². The maximum Gasteiger partial charge on any atom is 0.305 e. The van der Waals surface area contributed by atoms with Crippen LogP contribution in [0.4, 0.5) is 0 Å². The highest BCUT2D eigenvalue weighted by Crippen LogP contribution is 2.20. The number of amides is 1. The lowest BCUT2D eigenvalue weighted by atomic mass is 9.88. The van der Waals surface area contributed by atoms with Crippen molar-refractivity contribution in [3.63, 3.8) is 0 Å². The molecule has 0 atom stereocenters. The molecule has 24 heavy (non-hydrogen) atoms. The SMILES string of the molecule is CCC(CC)(CC(=O)O)NC(=O)CCc1nc(-c2ccoc2)no1. The highest BCUT2D eigenvalue weighted by Gasteiger charge is 2.30. The molecule has 8 nitrogen and oxygen atoms in total. The van der Waals surface area contributed by atoms with Crippen molar-refractivity contribution < 1.29 is 23.6 Å². The van der Waals surface area contributed by atoms with Crippen LogP contribution in [-0.2, 0) is 16.0 Å². The van der Waals surface area contributed by atoms with Gasteiger partial charge in [0.05, 0.1) is 18.2 Å². The third-order valence-electron chi connectivity index (χ3n) is 4.06. The number of nitrogens with one attached hydrogen (secondary N) is 1. The zero-order chi connectivity index (χ0) is 17.6. The number of carbonyl (C=O) groups is 2. The van der Waals surface area contributed by atoms with E-state index >= 15 is 0 Å². The maximum absolute atomic E-state index is 12.2. The molecule has 2 heterocycles. The summed E-state index contributed by atoms with van der Waals surface area (Å²) in [5.74, 6) is -0.414. The topological polar surface area (TPSA) is 118 Å². The molecule has 1 amide bonds. The van der Waals surface area contributed by atoms with Crippen LogP contribution >= 0.6 is 0 Å². The van der Waals surface area contributed by atoms with Gasteiger partial charge < -0.3 is 19.4 Å². The van der Waals surface area contributed by atoms with Crippen molar-refractivity contribution in [2.75, 3.05) is 0 Å². The lowest BCUT2D eigenvalue weighted by molar-refractivity contribution is -0.139. The first-order valence-corrected chi connectivity index (χ1v) is 7.86. The molecule has 0 saturated carbocycles. The molecule has 0 unspecified atom stereocenters. The normalized spacial score (nSPS) is 11.4. The fourth-order valence-corrected chi connectivity index (χ4v) is 2.45. The van der Waals surface area contributed by atoms with Crippen molar-refractivity contribution in [1.82, 2.24) is 15.5 Å². The summed E-state index contributed by atoms with van der Waals surface area (Å²) >= 11 is 0. The zero-order valence-electron chi connectivity index (χ0n) is 13.7. The van der Waals surface area contributed by atoms with Crippen LogP contribution in [0.1, 0.15) is 45.4 Å². The van der Waals surface area contributed by atoms with E-state index in [4.69, 9.17) is 14.0 Å². The van der Waals surface area contributed by atoms with E-state index in [1.807, 2.05) is 13.8 Å². The van der Waals surface area contributed by atoms with Crippen molar-refractivity contribution in [2.45, 2.75) is 51.5 Å². The minimum atomic E-state index is -0.930. The molecule has 2 aromatic heterocycles. The molecule has 0 fully saturated rings. The second kappa shape index (κ2) is 7.76. The van der Waals surface area contributed by atoms with Gasteiger partial charge in [-0.25, -0.2) is 0 Å². The molecule has 8 heteroatoms. The summed E-state index contributed by atoms with van der Waals surface area (Å²) in [4.78, 5) is 27.4. The lowest BCUT2D eigenvalue weighted by Gasteiger charge is -2.31. The minimum absolute atomic E-state index is 0.100. The Balaban J connectivity index is 1.91. The van der Waals surface area contributed by atoms with E-state index < -0.39 is 11.5 Å². The highest BCUT2D eigenvalue weighted by molar-refractivity contribution is 5.78. The summed E-state index contributed by atoms with van der Waals surface area (Å²) in [6.07, 6.45) is 4.44. The number of rotatable bonds is 9. The number of hydrogen-bond acceptors (Lipinski definition) is 6. The van der Waals surface area contributed by atoms with Crippen LogP contribution in [0.2, 0.25) is 0 Å². The van der Waals surface area contributed by atoms with Gasteiger partial charge in [-0.15, -0.1) is 0 Å². The minimum Gasteiger partial charge on any atom is -0.481 e. The molecule has 2 rings (SSSR count). The van der Waals surface area contributed by atoms with Crippen LogP contribution in [0.25, 0.3) is 11.4 Å². The van der Waals surface area contributed by atoms with Gasteiger partial charge in [-0.3, -0.25) is 9.59 Å². The molecule has 130 valence electrons. The standard InChI is InChI=1S/C16H21N3O5/c1-3-16(4-2,9-14(21)22)18-12(20)5-6-13-17-15(19-24-13)11-7-8-23-10-11/h7-8,10H,3-6,9H2,1-2H3,(H,18,20)(H,21,22). The largest absolute Gasteiger partial charge is 0.481 e. The Morgan fingerprint density at radius 2 is 2.08 bits per heavy atom. The fourth-order valence-electron chi connectivity index (χ4n) is 2.45. The zero-order valence-corrected chi connectivity index (χ0v) is 13.7. The number of carbonyl (C=O) groups excluding carboxylic acids is 1. The van der Waals surface area contributed by atoms with Gasteiger partial charge in [-0.05, 0) is 18.9 Å². The summed E-state index contributed by atoms with van der Waals surface area (Å²) in [6.45, 7) is 3.73. The second-order valence-corrected chi connectivity index (χ2v) is 5.63. The second-order valence-electron chi connectivity index (χ2n) is 5.63. The number of aromatic nitrogens is 2. The molecular weight excluding hydrogens is 314 g/mol. The molecule has 0 aromatic carbocycles. The third kappa shape index (κ3) is 4.43. The number of furan rings is 1. The van der Waals surface area contributed by atoms with Crippen molar-refractivity contribution >= 4 is 11.9 Å². The quantitative estimate of drug-likeness (QED) is 0.722. The molecule has 0 aliphatic rings. The molecule has 2 aromatic rings. The van der Waals surface area contributed by atoms with E-state index in [0.29, 0.717) is 30.1 Å². The van der Waals surface area contributed by atoms with E-state index in [2.05, 4.69) is 15.5 Å². The predicted molar refractivity (Wildman–Crippen MR) is 84.0 cm³/mol. The molecule has 0 bridgehead atoms. The molecule has 0 radical (unpaired) electrons. The van der Waals surface area contributed by atoms with Crippen molar-refractivity contribution in [1.29, 1.82) is 0 Å². The van der Waals surface area contributed by atoms with E-state index in [9.17, 15) is 9.59 Å². The van der Waals surface area contributed by atoms with Gasteiger partial charge in [-0.2, -0.15) is 4.98 Å². The molecular formula is C16H21N3O5. The molecule has 0 aliphatic heterocycles. The monoisotopic (exact) mass is 335 g/mol. The lowest BCUT2D eigenvalue weighted by Crippen LogP contribution is -2.49. The summed E-state index contributed by atoms with van der Waals surface area (Å²) in [5, 5.41) is 15.7. The third-order valence-corrected chi connectivity index (χ3v) is 4.06. The predicted octanol–water partition coefficient (Wildman–Crippen LogP) is 2.41. The van der Waals surface area contributed by atoms with E-state index in [-0.39, 0.29) is 25.2 Å². The van der Waals surface area contributed by atoms with E-state index in [1.165, 1.54) is 12.5 Å². The van der Waals surface area contributed by atoms with Crippen LogP contribution in [0.5, 0.6) is 0 Å². The van der Waals surface area contributed by atoms with Crippen molar-refractivity contribution in [2.24, 2.45) is 0 Å². The number of aryl methyl sites for hydroxylation is 1. The molecule has 0 spiro atoms. The highest BCUT2D eigenvalue weighted by atomic mass is 16.5. The molecule has 2 N–H and O–H groups in total. The number of carboxylic acid groups (broad SMARTS) is 1. The van der Waals surface area contributed by atoms with E-state index in [1.54, 1.807) is 6.07 Å². The van der Waals surface area contributed by atoms with Crippen LogP contribution in [0, 0.1) is 0 Å². The van der Waals surface area contributed by atoms with Gasteiger partial charge in [0.2, 0.25) is 17.6 Å². The first kappa shape index (κ1) is 17.7. The van der Waals surface area contributed by atoms with Crippen LogP contribution < -0.4 is 5.32 Å². The Labute approximate surface area is 139 Å². The number of aliphatic carboxylic acids is 1. The van der Waals surface area contributed by atoms with Crippen LogP contribution in [-0.4, -0.2) is 32.7 Å². The summed E-state index contributed by atoms with van der Waals surface area (Å²) < 4.78 is 10.1.